The number of hydrogen-bond donors (Lipinski definition) is 2. The molecule has 3 nitrogen and oxygen atoms in total. The summed E-state index contributed by atoms with van der Waals surface area (Å²) in [5.74, 6) is -0.546. The van der Waals surface area contributed by atoms with Crippen molar-refractivity contribution >= 4 is 5.91 Å². The highest BCUT2D eigenvalue weighted by Crippen LogP contribution is 2.30. The number of carbonyl (C=O) groups is 1. The number of hydrogen-bond acceptors (Lipinski definition) is 2. The Balaban J connectivity index is 2.16. The van der Waals surface area contributed by atoms with Crippen LogP contribution in [-0.2, 0) is 11.0 Å². The summed E-state index contributed by atoms with van der Waals surface area (Å²) < 4.78 is 37.7. The molecule has 6 heteroatoms. The lowest BCUT2D eigenvalue weighted by atomic mass is 10.0. The molecular weight excluding hydrogens is 305 g/mol. The molecule has 0 aliphatic rings. The maximum Gasteiger partial charge on any atom is 0.416 e. The SMILES string of the molecule is C[C@H](N[C@H](C(N)=O)c1ccccc1)c1ccc(C(F)(F)F)cc1. The first-order chi connectivity index (χ1) is 10.8. The van der Waals surface area contributed by atoms with Gasteiger partial charge in [0.05, 0.1) is 5.56 Å². The Morgan fingerprint density at radius 3 is 2.04 bits per heavy atom. The minimum atomic E-state index is -4.37. The quantitative estimate of drug-likeness (QED) is 0.884. The van der Waals surface area contributed by atoms with E-state index >= 15 is 0 Å². The van der Waals surface area contributed by atoms with Gasteiger partial charge in [0.15, 0.2) is 0 Å². The Kier molecular flexibility index (Phi) is 5.05. The van der Waals surface area contributed by atoms with E-state index in [1.807, 2.05) is 6.07 Å². The van der Waals surface area contributed by atoms with Crippen LogP contribution in [0.25, 0.3) is 0 Å². The predicted octanol–water partition coefficient (Wildman–Crippen LogP) is 3.58. The maximum absolute atomic E-state index is 12.6. The molecule has 0 fully saturated rings. The first kappa shape index (κ1) is 17.0. The molecule has 2 atom stereocenters. The van der Waals surface area contributed by atoms with E-state index in [0.29, 0.717) is 11.1 Å². The Bertz CT molecular complexity index is 654. The standard InChI is InChI=1S/C17H17F3N2O/c1-11(12-7-9-14(10-8-12)17(18,19)20)22-15(16(21)23)13-5-3-2-4-6-13/h2-11,15,22H,1H3,(H2,21,23)/t11-,15-/m0/s1. The highest BCUT2D eigenvalue weighted by atomic mass is 19.4. The van der Waals surface area contributed by atoms with Gasteiger partial charge in [0.1, 0.15) is 6.04 Å². The minimum Gasteiger partial charge on any atom is -0.368 e. The van der Waals surface area contributed by atoms with Crippen LogP contribution in [0.2, 0.25) is 0 Å². The van der Waals surface area contributed by atoms with Crippen molar-refractivity contribution in [2.75, 3.05) is 0 Å². The molecule has 0 bridgehead atoms. The Morgan fingerprint density at radius 1 is 1.00 bits per heavy atom. The highest BCUT2D eigenvalue weighted by molar-refractivity contribution is 5.81. The second-order valence-electron chi connectivity index (χ2n) is 5.25. The molecule has 23 heavy (non-hydrogen) atoms. The van der Waals surface area contributed by atoms with Gasteiger partial charge in [-0.1, -0.05) is 42.5 Å². The summed E-state index contributed by atoms with van der Waals surface area (Å²) in [5.41, 5.74) is 6.07. The van der Waals surface area contributed by atoms with Crippen LogP contribution in [0.1, 0.15) is 35.7 Å². The third-order valence-corrected chi connectivity index (χ3v) is 3.57. The summed E-state index contributed by atoms with van der Waals surface area (Å²) in [6.45, 7) is 1.77. The van der Waals surface area contributed by atoms with E-state index in [0.717, 1.165) is 12.1 Å². The van der Waals surface area contributed by atoms with Crippen molar-refractivity contribution in [3.05, 3.63) is 71.3 Å². The summed E-state index contributed by atoms with van der Waals surface area (Å²) in [4.78, 5) is 11.7. The van der Waals surface area contributed by atoms with Gasteiger partial charge in [-0.25, -0.2) is 0 Å². The average Bonchev–Trinajstić information content (AvgIpc) is 2.52. The topological polar surface area (TPSA) is 55.1 Å². The zero-order chi connectivity index (χ0) is 17.0. The molecule has 2 aromatic rings. The van der Waals surface area contributed by atoms with Crippen molar-refractivity contribution in [3.8, 4) is 0 Å². The normalized spacial score (nSPS) is 14.3. The van der Waals surface area contributed by atoms with E-state index < -0.39 is 23.7 Å². The number of halogens is 3. The van der Waals surface area contributed by atoms with Crippen LogP contribution in [0.4, 0.5) is 13.2 Å². The van der Waals surface area contributed by atoms with Crippen molar-refractivity contribution in [1.29, 1.82) is 0 Å². The van der Waals surface area contributed by atoms with Crippen molar-refractivity contribution in [3.63, 3.8) is 0 Å². The molecule has 2 rings (SSSR count). The summed E-state index contributed by atoms with van der Waals surface area (Å²) in [6.07, 6.45) is -4.37. The van der Waals surface area contributed by atoms with Crippen molar-refractivity contribution in [2.45, 2.75) is 25.2 Å². The van der Waals surface area contributed by atoms with Gasteiger partial charge in [-0.2, -0.15) is 13.2 Å². The van der Waals surface area contributed by atoms with E-state index in [9.17, 15) is 18.0 Å². The monoisotopic (exact) mass is 322 g/mol. The fourth-order valence-electron chi connectivity index (χ4n) is 2.30. The van der Waals surface area contributed by atoms with Crippen LogP contribution in [0.15, 0.2) is 54.6 Å². The zero-order valence-electron chi connectivity index (χ0n) is 12.5. The minimum absolute atomic E-state index is 0.338. The number of amides is 1. The molecule has 0 aromatic heterocycles. The largest absolute Gasteiger partial charge is 0.416 e. The fraction of sp³-hybridized carbons (Fsp3) is 0.235. The predicted molar refractivity (Wildman–Crippen MR) is 81.4 cm³/mol. The molecule has 0 saturated carbocycles. The summed E-state index contributed by atoms with van der Waals surface area (Å²) in [5, 5.41) is 3.05. The lowest BCUT2D eigenvalue weighted by Gasteiger charge is -2.22. The van der Waals surface area contributed by atoms with Crippen LogP contribution in [-0.4, -0.2) is 5.91 Å². The molecule has 0 spiro atoms. The van der Waals surface area contributed by atoms with Gasteiger partial charge in [-0.3, -0.25) is 10.1 Å². The van der Waals surface area contributed by atoms with Gasteiger partial charge in [0.2, 0.25) is 5.91 Å². The van der Waals surface area contributed by atoms with E-state index in [4.69, 9.17) is 5.73 Å². The van der Waals surface area contributed by atoms with E-state index in [2.05, 4.69) is 5.32 Å². The third kappa shape index (κ3) is 4.32. The second-order valence-corrected chi connectivity index (χ2v) is 5.25. The van der Waals surface area contributed by atoms with Crippen LogP contribution in [0.3, 0.4) is 0 Å². The van der Waals surface area contributed by atoms with Crippen LogP contribution in [0.5, 0.6) is 0 Å². The molecule has 3 N–H and O–H groups in total. The number of rotatable bonds is 5. The first-order valence-corrected chi connectivity index (χ1v) is 7.06. The Morgan fingerprint density at radius 2 is 1.57 bits per heavy atom. The molecule has 0 aliphatic heterocycles. The highest BCUT2D eigenvalue weighted by Gasteiger charge is 2.30. The van der Waals surface area contributed by atoms with Crippen LogP contribution in [0, 0.1) is 0 Å². The van der Waals surface area contributed by atoms with Gasteiger partial charge in [0, 0.05) is 6.04 Å². The molecular formula is C17H17F3N2O. The summed E-state index contributed by atoms with van der Waals surface area (Å²) in [7, 11) is 0. The van der Waals surface area contributed by atoms with Gasteiger partial charge in [-0.15, -0.1) is 0 Å². The Labute approximate surface area is 132 Å². The third-order valence-electron chi connectivity index (χ3n) is 3.57. The number of benzene rings is 2. The summed E-state index contributed by atoms with van der Waals surface area (Å²) in [6, 6.07) is 12.7. The fourth-order valence-corrected chi connectivity index (χ4v) is 2.30. The van der Waals surface area contributed by atoms with Crippen molar-refractivity contribution in [1.82, 2.24) is 5.32 Å². The van der Waals surface area contributed by atoms with Crippen molar-refractivity contribution < 1.29 is 18.0 Å². The van der Waals surface area contributed by atoms with E-state index in [1.165, 1.54) is 12.1 Å². The lowest BCUT2D eigenvalue weighted by molar-refractivity contribution is -0.137. The number of primary amides is 1. The number of carbonyl (C=O) groups excluding carboxylic acids is 1. The molecule has 0 radical (unpaired) electrons. The van der Waals surface area contributed by atoms with Crippen molar-refractivity contribution in [2.24, 2.45) is 5.73 Å². The number of alkyl halides is 3. The second kappa shape index (κ2) is 6.83. The molecule has 1 amide bonds. The number of nitrogens with two attached hydrogens (primary N) is 1. The van der Waals surface area contributed by atoms with E-state index in [1.54, 1.807) is 31.2 Å². The van der Waals surface area contributed by atoms with Gasteiger partial charge in [0.25, 0.3) is 0 Å². The average molecular weight is 322 g/mol. The van der Waals surface area contributed by atoms with Crippen LogP contribution >= 0.6 is 0 Å². The van der Waals surface area contributed by atoms with Crippen LogP contribution < -0.4 is 11.1 Å². The molecule has 0 saturated heterocycles. The van der Waals surface area contributed by atoms with Gasteiger partial charge in [-0.05, 0) is 30.2 Å². The lowest BCUT2D eigenvalue weighted by Crippen LogP contribution is -2.35. The number of nitrogens with one attached hydrogen (secondary N) is 1. The van der Waals surface area contributed by atoms with Gasteiger partial charge >= 0.3 is 6.18 Å². The molecule has 122 valence electrons. The molecule has 2 aromatic carbocycles. The Hall–Kier alpha value is -2.34. The molecule has 0 unspecified atom stereocenters. The summed E-state index contributed by atoms with van der Waals surface area (Å²) >= 11 is 0. The smallest absolute Gasteiger partial charge is 0.368 e. The first-order valence-electron chi connectivity index (χ1n) is 7.06. The zero-order valence-corrected chi connectivity index (χ0v) is 12.5. The van der Waals surface area contributed by atoms with Gasteiger partial charge < -0.3 is 5.73 Å². The molecule has 0 heterocycles. The van der Waals surface area contributed by atoms with E-state index in [-0.39, 0.29) is 6.04 Å². The molecule has 0 aliphatic carbocycles. The maximum atomic E-state index is 12.6.